The summed E-state index contributed by atoms with van der Waals surface area (Å²) in [5.41, 5.74) is 0.440. The van der Waals surface area contributed by atoms with Crippen LogP contribution >= 0.6 is 0 Å². The van der Waals surface area contributed by atoms with Gasteiger partial charge in [0.15, 0.2) is 0 Å². The molecule has 4 unspecified atom stereocenters. The molecule has 5 heteroatoms. The number of hydrogen-bond acceptors (Lipinski definition) is 3. The molecular weight excluding hydrogens is 258 g/mol. The predicted octanol–water partition coefficient (Wildman–Crippen LogP) is 1.62. The summed E-state index contributed by atoms with van der Waals surface area (Å²) in [5, 5.41) is 21.4. The van der Waals surface area contributed by atoms with Gasteiger partial charge >= 0.3 is 5.97 Å². The molecule has 3 rings (SSSR count). The van der Waals surface area contributed by atoms with E-state index in [0.717, 1.165) is 19.3 Å². The Balaban J connectivity index is 1.75. The van der Waals surface area contributed by atoms with Crippen molar-refractivity contribution < 1.29 is 19.8 Å². The number of carbonyl (C=O) groups is 2. The normalized spacial score (nSPS) is 31.2. The second-order valence-corrected chi connectivity index (χ2v) is 5.74. The van der Waals surface area contributed by atoms with Crippen molar-refractivity contribution in [3.8, 4) is 5.75 Å². The van der Waals surface area contributed by atoms with Crippen LogP contribution in [0.3, 0.4) is 0 Å². The Morgan fingerprint density at radius 2 is 1.75 bits per heavy atom. The predicted molar refractivity (Wildman–Crippen MR) is 71.3 cm³/mol. The number of carbonyl (C=O) groups excluding carboxylic acids is 1. The average molecular weight is 275 g/mol. The van der Waals surface area contributed by atoms with Gasteiger partial charge in [0.2, 0.25) is 0 Å². The maximum absolute atomic E-state index is 12.2. The molecule has 4 atom stereocenters. The third-order valence-electron chi connectivity index (χ3n) is 4.63. The van der Waals surface area contributed by atoms with Crippen LogP contribution in [0.2, 0.25) is 0 Å². The number of phenols is 1. The molecule has 1 amide bonds. The number of amides is 1. The van der Waals surface area contributed by atoms with Crippen molar-refractivity contribution >= 4 is 11.9 Å². The fourth-order valence-corrected chi connectivity index (χ4v) is 3.70. The third kappa shape index (κ3) is 2.13. The number of carboxylic acid groups (broad SMARTS) is 1. The minimum absolute atomic E-state index is 0.102. The Morgan fingerprint density at radius 3 is 2.40 bits per heavy atom. The SMILES string of the molecule is O=C(NC1C2CCC(C2)C1C(=O)O)c1ccc(O)cc1. The summed E-state index contributed by atoms with van der Waals surface area (Å²) in [6.07, 6.45) is 2.85. The first-order chi connectivity index (χ1) is 9.56. The molecule has 0 saturated heterocycles. The molecule has 2 aliphatic rings. The largest absolute Gasteiger partial charge is 0.508 e. The lowest BCUT2D eigenvalue weighted by Gasteiger charge is -2.28. The van der Waals surface area contributed by atoms with Gasteiger partial charge in [-0.2, -0.15) is 0 Å². The van der Waals surface area contributed by atoms with Gasteiger partial charge in [-0.05, 0) is 55.4 Å². The van der Waals surface area contributed by atoms with E-state index in [4.69, 9.17) is 0 Å². The number of phenolic OH excluding ortho intramolecular Hbond substituents is 1. The Morgan fingerprint density at radius 1 is 1.10 bits per heavy atom. The molecule has 0 radical (unpaired) electrons. The number of aliphatic carboxylic acids is 1. The third-order valence-corrected chi connectivity index (χ3v) is 4.63. The van der Waals surface area contributed by atoms with Gasteiger partial charge < -0.3 is 15.5 Å². The monoisotopic (exact) mass is 275 g/mol. The second kappa shape index (κ2) is 4.81. The molecule has 20 heavy (non-hydrogen) atoms. The molecule has 5 nitrogen and oxygen atoms in total. The molecule has 2 fully saturated rings. The second-order valence-electron chi connectivity index (χ2n) is 5.74. The smallest absolute Gasteiger partial charge is 0.308 e. The number of carboxylic acids is 1. The number of aromatic hydroxyl groups is 1. The molecule has 1 aromatic rings. The Kier molecular flexibility index (Phi) is 3.12. The number of hydrogen-bond donors (Lipinski definition) is 3. The van der Waals surface area contributed by atoms with Crippen LogP contribution in [-0.2, 0) is 4.79 Å². The maximum Gasteiger partial charge on any atom is 0.308 e. The van der Waals surface area contributed by atoms with Crippen molar-refractivity contribution in [1.29, 1.82) is 0 Å². The summed E-state index contributed by atoms with van der Waals surface area (Å²) >= 11 is 0. The summed E-state index contributed by atoms with van der Waals surface area (Å²) in [6, 6.07) is 5.70. The van der Waals surface area contributed by atoms with Crippen molar-refractivity contribution in [1.82, 2.24) is 5.32 Å². The molecular formula is C15H17NO4. The van der Waals surface area contributed by atoms with Crippen molar-refractivity contribution in [3.63, 3.8) is 0 Å². The van der Waals surface area contributed by atoms with Gasteiger partial charge in [-0.15, -0.1) is 0 Å². The summed E-state index contributed by atoms with van der Waals surface area (Å²) < 4.78 is 0. The van der Waals surface area contributed by atoms with Gasteiger partial charge in [0, 0.05) is 11.6 Å². The summed E-state index contributed by atoms with van der Waals surface area (Å²) in [5.74, 6) is -0.966. The molecule has 1 aromatic carbocycles. The van der Waals surface area contributed by atoms with E-state index in [9.17, 15) is 19.8 Å². The van der Waals surface area contributed by atoms with E-state index in [1.807, 2.05) is 0 Å². The molecule has 2 saturated carbocycles. The van der Waals surface area contributed by atoms with E-state index < -0.39 is 11.9 Å². The minimum atomic E-state index is -0.812. The standard InChI is InChI=1S/C15H17NO4/c17-11-5-3-8(4-6-11)14(18)16-13-10-2-1-9(7-10)12(13)15(19)20/h3-6,9-10,12-13,17H,1-2,7H2,(H,16,18)(H,19,20). The van der Waals surface area contributed by atoms with E-state index in [0.29, 0.717) is 5.56 Å². The lowest BCUT2D eigenvalue weighted by Crippen LogP contribution is -2.46. The first-order valence-corrected chi connectivity index (χ1v) is 6.89. The van der Waals surface area contributed by atoms with Crippen LogP contribution in [0.25, 0.3) is 0 Å². The average Bonchev–Trinajstić information content (AvgIpc) is 3.00. The fourth-order valence-electron chi connectivity index (χ4n) is 3.70. The van der Waals surface area contributed by atoms with Crippen molar-refractivity contribution in [3.05, 3.63) is 29.8 Å². The highest BCUT2D eigenvalue weighted by molar-refractivity contribution is 5.95. The number of benzene rings is 1. The van der Waals surface area contributed by atoms with Crippen LogP contribution in [0.1, 0.15) is 29.6 Å². The minimum Gasteiger partial charge on any atom is -0.508 e. The molecule has 0 aliphatic heterocycles. The van der Waals surface area contributed by atoms with E-state index in [2.05, 4.69) is 5.32 Å². The molecule has 2 bridgehead atoms. The van der Waals surface area contributed by atoms with E-state index >= 15 is 0 Å². The highest BCUT2D eigenvalue weighted by Gasteiger charge is 2.51. The van der Waals surface area contributed by atoms with Crippen LogP contribution in [0, 0.1) is 17.8 Å². The van der Waals surface area contributed by atoms with Crippen molar-refractivity contribution in [2.45, 2.75) is 25.3 Å². The van der Waals surface area contributed by atoms with Crippen LogP contribution in [0.5, 0.6) is 5.75 Å². The van der Waals surface area contributed by atoms with Gasteiger partial charge in [0.1, 0.15) is 5.75 Å². The maximum atomic E-state index is 12.2. The number of nitrogens with one attached hydrogen (secondary N) is 1. The molecule has 3 N–H and O–H groups in total. The zero-order valence-electron chi connectivity index (χ0n) is 11.0. The highest BCUT2D eigenvalue weighted by atomic mass is 16.4. The lowest BCUT2D eigenvalue weighted by atomic mass is 9.84. The zero-order valence-corrected chi connectivity index (χ0v) is 11.0. The fraction of sp³-hybridized carbons (Fsp3) is 0.467. The van der Waals surface area contributed by atoms with Gasteiger partial charge in [0.05, 0.1) is 5.92 Å². The Labute approximate surface area is 116 Å². The first-order valence-electron chi connectivity index (χ1n) is 6.89. The number of fused-ring (bicyclic) bond motifs is 2. The van der Waals surface area contributed by atoms with Crippen LogP contribution < -0.4 is 5.32 Å². The summed E-state index contributed by atoms with van der Waals surface area (Å²) in [7, 11) is 0. The quantitative estimate of drug-likeness (QED) is 0.782. The lowest BCUT2D eigenvalue weighted by molar-refractivity contribution is -0.144. The summed E-state index contributed by atoms with van der Waals surface area (Å²) in [4.78, 5) is 23.6. The molecule has 0 aromatic heterocycles. The zero-order chi connectivity index (χ0) is 14.3. The summed E-state index contributed by atoms with van der Waals surface area (Å²) in [6.45, 7) is 0. The topological polar surface area (TPSA) is 86.6 Å². The van der Waals surface area contributed by atoms with Crippen molar-refractivity contribution in [2.24, 2.45) is 17.8 Å². The van der Waals surface area contributed by atoms with Crippen molar-refractivity contribution in [2.75, 3.05) is 0 Å². The van der Waals surface area contributed by atoms with Crippen LogP contribution in [-0.4, -0.2) is 28.1 Å². The Hall–Kier alpha value is -2.04. The molecule has 2 aliphatic carbocycles. The van der Waals surface area contributed by atoms with E-state index in [1.54, 1.807) is 0 Å². The molecule has 0 heterocycles. The van der Waals surface area contributed by atoms with Crippen LogP contribution in [0.4, 0.5) is 0 Å². The first kappa shape index (κ1) is 13.0. The van der Waals surface area contributed by atoms with E-state index in [1.165, 1.54) is 24.3 Å². The van der Waals surface area contributed by atoms with E-state index in [-0.39, 0.29) is 29.5 Å². The van der Waals surface area contributed by atoms with Crippen LogP contribution in [0.15, 0.2) is 24.3 Å². The van der Waals surface area contributed by atoms with Gasteiger partial charge in [0.25, 0.3) is 5.91 Å². The van der Waals surface area contributed by atoms with Gasteiger partial charge in [-0.1, -0.05) is 0 Å². The van der Waals surface area contributed by atoms with Gasteiger partial charge in [-0.3, -0.25) is 9.59 Å². The molecule has 0 spiro atoms. The van der Waals surface area contributed by atoms with Gasteiger partial charge in [-0.25, -0.2) is 0 Å². The molecule has 106 valence electrons. The Bertz CT molecular complexity index is 539. The highest BCUT2D eigenvalue weighted by Crippen LogP contribution is 2.48. The number of rotatable bonds is 3.